The first-order valence-corrected chi connectivity index (χ1v) is 28.5. The van der Waals surface area contributed by atoms with Gasteiger partial charge in [0.2, 0.25) is 5.91 Å². The predicted molar refractivity (Wildman–Crippen MR) is 306 cm³/mol. The van der Waals surface area contributed by atoms with Gasteiger partial charge in [-0.15, -0.1) is 11.8 Å². The van der Waals surface area contributed by atoms with E-state index in [4.69, 9.17) is 33.0 Å². The summed E-state index contributed by atoms with van der Waals surface area (Å²) in [6.07, 6.45) is 3.60. The molecule has 3 aromatic carbocycles. The maximum atomic E-state index is 13.9. The van der Waals surface area contributed by atoms with E-state index >= 15 is 0 Å². The molecule has 1 fully saturated rings. The largest absolute Gasteiger partial charge is 0.497 e. The van der Waals surface area contributed by atoms with Crippen molar-refractivity contribution in [2.24, 2.45) is 0 Å². The lowest BCUT2D eigenvalue weighted by atomic mass is 9.80. The van der Waals surface area contributed by atoms with Crippen LogP contribution in [0.1, 0.15) is 81.9 Å². The highest BCUT2D eigenvalue weighted by Crippen LogP contribution is 2.51. The van der Waals surface area contributed by atoms with Crippen molar-refractivity contribution in [1.82, 2.24) is 34.5 Å². The number of nitrogens with zero attached hydrogens (tertiary/aromatic N) is 6. The highest BCUT2D eigenvalue weighted by molar-refractivity contribution is 7.99. The van der Waals surface area contributed by atoms with Crippen molar-refractivity contribution < 1.29 is 32.8 Å². The number of methoxy groups -OCH3 is 2. The third kappa shape index (κ3) is 14.8. The Labute approximate surface area is 466 Å². The first-order valence-electron chi connectivity index (χ1n) is 26.4. The van der Waals surface area contributed by atoms with Crippen LogP contribution in [0.25, 0.3) is 22.8 Å². The number of carbonyl (C=O) groups excluding carboxylic acids is 1. The van der Waals surface area contributed by atoms with Gasteiger partial charge in [-0.2, -0.15) is 5.26 Å². The second-order valence-electron chi connectivity index (χ2n) is 19.2. The number of pyridine rings is 3. The molecule has 2 N–H and O–H groups in total. The van der Waals surface area contributed by atoms with Gasteiger partial charge in [-0.1, -0.05) is 66.7 Å². The molecule has 19 heteroatoms. The molecule has 79 heavy (non-hydrogen) atoms. The van der Waals surface area contributed by atoms with Crippen molar-refractivity contribution >= 4 is 26.2 Å². The van der Waals surface area contributed by atoms with Crippen LogP contribution in [0, 0.1) is 11.3 Å². The highest BCUT2D eigenvalue weighted by Gasteiger charge is 2.45. The molecule has 7 aromatic rings. The summed E-state index contributed by atoms with van der Waals surface area (Å²) < 4.78 is 42.3. The molecule has 5 heterocycles. The molecule has 17 nitrogen and oxygen atoms in total. The summed E-state index contributed by atoms with van der Waals surface area (Å²) >= 11 is 1.65. The molecule has 0 aliphatic carbocycles. The highest BCUT2D eigenvalue weighted by atomic mass is 32.2. The van der Waals surface area contributed by atoms with Crippen LogP contribution in [0.4, 0.5) is 0 Å². The van der Waals surface area contributed by atoms with Crippen molar-refractivity contribution in [3.05, 3.63) is 189 Å². The first-order chi connectivity index (χ1) is 38.4. The molecule has 4 aromatic heterocycles. The predicted octanol–water partition coefficient (Wildman–Crippen LogP) is 10.3. The number of thioether (sulfide) groups is 1. The maximum absolute atomic E-state index is 13.9. The molecule has 0 spiro atoms. The lowest BCUT2D eigenvalue weighted by Gasteiger charge is -2.39. The van der Waals surface area contributed by atoms with Gasteiger partial charge < -0.3 is 33.3 Å². The average Bonchev–Trinajstić information content (AvgIpc) is 4.00. The van der Waals surface area contributed by atoms with Crippen molar-refractivity contribution in [3.8, 4) is 40.3 Å². The number of aromatic amines is 1. The topological polar surface area (TPSA) is 205 Å². The van der Waals surface area contributed by atoms with Gasteiger partial charge in [0.05, 0.1) is 68.8 Å². The quantitative estimate of drug-likeness (QED) is 0.0213. The number of carbonyl (C=O) groups is 1. The molecule has 8 rings (SSSR count). The fraction of sp³-hybridized carbons (Fsp3) is 0.350. The number of aromatic nitrogens is 5. The van der Waals surface area contributed by atoms with Gasteiger partial charge in [0.1, 0.15) is 29.4 Å². The number of aryl methyl sites for hydroxylation is 1. The van der Waals surface area contributed by atoms with E-state index in [0.29, 0.717) is 30.2 Å². The van der Waals surface area contributed by atoms with Gasteiger partial charge >= 0.3 is 5.69 Å². The zero-order valence-corrected chi connectivity index (χ0v) is 47.0. The minimum absolute atomic E-state index is 0.00252. The summed E-state index contributed by atoms with van der Waals surface area (Å²) in [5.41, 5.74) is 3.22. The van der Waals surface area contributed by atoms with E-state index in [1.807, 2.05) is 127 Å². The smallest absolute Gasteiger partial charge is 0.330 e. The van der Waals surface area contributed by atoms with Crippen LogP contribution in [-0.4, -0.2) is 99.1 Å². The Kier molecular flexibility index (Phi) is 20.7. The van der Waals surface area contributed by atoms with Crippen molar-refractivity contribution in [3.63, 3.8) is 0 Å². The van der Waals surface area contributed by atoms with Crippen LogP contribution in [0.5, 0.6) is 11.5 Å². The van der Waals surface area contributed by atoms with E-state index in [9.17, 15) is 19.6 Å². The molecule has 0 bridgehead atoms. The van der Waals surface area contributed by atoms with E-state index in [2.05, 4.69) is 58.7 Å². The monoisotopic (exact) mass is 1110 g/mol. The van der Waals surface area contributed by atoms with Gasteiger partial charge in [-0.25, -0.2) is 14.4 Å². The summed E-state index contributed by atoms with van der Waals surface area (Å²) in [7, 11) is 1.46. The molecule has 1 aliphatic rings. The summed E-state index contributed by atoms with van der Waals surface area (Å²) in [5.74, 6) is 1.83. The molecule has 4 atom stereocenters. The summed E-state index contributed by atoms with van der Waals surface area (Å²) in [6.45, 7) is 8.76. The number of amides is 1. The van der Waals surface area contributed by atoms with E-state index < -0.39 is 43.8 Å². The zero-order valence-electron chi connectivity index (χ0n) is 45.3. The summed E-state index contributed by atoms with van der Waals surface area (Å²) in [4.78, 5) is 57.9. The van der Waals surface area contributed by atoms with Crippen LogP contribution < -0.4 is 26.0 Å². The Morgan fingerprint density at radius 2 is 1.44 bits per heavy atom. The third-order valence-corrected chi connectivity index (χ3v) is 16.5. The van der Waals surface area contributed by atoms with Crippen molar-refractivity contribution in [2.75, 3.05) is 39.7 Å². The molecule has 1 unspecified atom stereocenters. The number of rotatable bonds is 27. The molecule has 1 aliphatic heterocycles. The van der Waals surface area contributed by atoms with Gasteiger partial charge in [0, 0.05) is 60.5 Å². The minimum atomic E-state index is -1.77. The first kappa shape index (κ1) is 58.1. The fourth-order valence-corrected chi connectivity index (χ4v) is 12.1. The maximum Gasteiger partial charge on any atom is 0.330 e. The van der Waals surface area contributed by atoms with Crippen molar-refractivity contribution in [1.29, 1.82) is 5.26 Å². The second kappa shape index (κ2) is 28.2. The average molecular weight is 1110 g/mol. The molecule has 0 saturated carbocycles. The fourth-order valence-electron chi connectivity index (χ4n) is 9.45. The Balaban J connectivity index is 1.01. The number of nitrogens with one attached hydrogen (secondary N) is 2. The molecule has 0 radical (unpaired) electrons. The molecule has 412 valence electrons. The van der Waals surface area contributed by atoms with Crippen LogP contribution >= 0.6 is 20.3 Å². The number of hydrogen-bond acceptors (Lipinski definition) is 15. The number of benzene rings is 3. The van der Waals surface area contributed by atoms with E-state index in [1.165, 1.54) is 10.8 Å². The summed E-state index contributed by atoms with van der Waals surface area (Å²) in [6, 6.07) is 42.9. The van der Waals surface area contributed by atoms with E-state index in [0.717, 1.165) is 44.4 Å². The summed E-state index contributed by atoms with van der Waals surface area (Å²) in [5, 5.41) is 12.5. The van der Waals surface area contributed by atoms with Gasteiger partial charge in [0.25, 0.3) is 14.1 Å². The number of nitriles is 1. The van der Waals surface area contributed by atoms with Gasteiger partial charge in [-0.3, -0.25) is 29.1 Å². The molecular formula is C60H67N8O9PS. The van der Waals surface area contributed by atoms with E-state index in [1.54, 1.807) is 38.4 Å². The molecule has 1 amide bonds. The third-order valence-electron chi connectivity index (χ3n) is 13.2. The lowest BCUT2D eigenvalue weighted by Crippen LogP contribution is -2.39. The zero-order chi connectivity index (χ0) is 55.7. The normalized spacial score (nSPS) is 15.8. The van der Waals surface area contributed by atoms with Crippen molar-refractivity contribution in [2.45, 2.75) is 101 Å². The van der Waals surface area contributed by atoms with Gasteiger partial charge in [0.15, 0.2) is 0 Å². The van der Waals surface area contributed by atoms with Crippen LogP contribution in [0.3, 0.4) is 0 Å². The Morgan fingerprint density at radius 3 is 2.00 bits per heavy atom. The van der Waals surface area contributed by atoms with E-state index in [-0.39, 0.29) is 62.5 Å². The second-order valence-corrected chi connectivity index (χ2v) is 21.8. The number of H-pyrrole nitrogens is 1. The van der Waals surface area contributed by atoms with Crippen LogP contribution in [-0.2, 0) is 35.3 Å². The van der Waals surface area contributed by atoms with Crippen LogP contribution in [0.15, 0.2) is 160 Å². The molecule has 1 saturated heterocycles. The lowest BCUT2D eigenvalue weighted by molar-refractivity contribution is -0.121. The van der Waals surface area contributed by atoms with Gasteiger partial charge in [-0.05, 0) is 124 Å². The number of ether oxygens (including phenoxy) is 4. The SMILES string of the molecule is COc1ccc(C(OC[C@H]2O[C@@H](n3cc(CCC(=O)NCCCSc4cc(-c5ccccn5)nc(-c5ccccn5)c4)c(=O)[nH]c3=O)C[C@@H]2OP(OCCC#N)N(C(C)C)C(C)C)(c2ccccc2)c2ccc(OC)cc2)cc1. The Morgan fingerprint density at radius 1 is 0.848 bits per heavy atom. The standard InChI is InChI=1S/C60H67N8O9PS/c1-41(2)68(42(3)4)78(75-34-14-30-61)77-54-38-57(76-55(54)40-74-60(44-16-8-7-9-17-44,45-21-25-47(72-5)26-22-45)46-23-27-48(73-6)28-24-46)67-39-43(58(70)66-59(67)71)20-29-56(69)64-33-15-35-79-49-36-52(50-18-10-12-31-62-50)65-53(37-49)51-19-11-13-32-63-51/h7-13,16-19,21-28,31-32,36-37,39,41-42,54-55,57H,14-15,20,29,33-35,38,40H2,1-6H3,(H,64,69)(H,66,70,71)/t54-,55+,57+,78?/m0/s1. The molecular weight excluding hydrogens is 1040 g/mol. The Bertz CT molecular complexity index is 3110. The van der Waals surface area contributed by atoms with Crippen LogP contribution in [0.2, 0.25) is 0 Å². The Hall–Kier alpha value is -7.07. The number of hydrogen-bond donors (Lipinski definition) is 2. The minimum Gasteiger partial charge on any atom is -0.497 e.